The Bertz CT molecular complexity index is 551. The SMILES string of the molecule is CC1OCCC1CNc1cc2[nH]ncc2cc1N. The third-order valence-electron chi connectivity index (χ3n) is 3.70. The Morgan fingerprint density at radius 1 is 1.56 bits per heavy atom. The van der Waals surface area contributed by atoms with Crippen molar-refractivity contribution in [2.45, 2.75) is 19.4 Å². The van der Waals surface area contributed by atoms with Crippen LogP contribution < -0.4 is 11.1 Å². The van der Waals surface area contributed by atoms with Crippen LogP contribution in [-0.4, -0.2) is 29.5 Å². The molecule has 1 aromatic heterocycles. The second-order valence-corrected chi connectivity index (χ2v) is 4.90. The summed E-state index contributed by atoms with van der Waals surface area (Å²) in [7, 11) is 0. The van der Waals surface area contributed by atoms with Crippen LogP contribution in [0.15, 0.2) is 18.3 Å². The number of aromatic amines is 1. The highest BCUT2D eigenvalue weighted by molar-refractivity contribution is 5.88. The van der Waals surface area contributed by atoms with Crippen LogP contribution in [0.4, 0.5) is 11.4 Å². The van der Waals surface area contributed by atoms with Crippen LogP contribution in [0.25, 0.3) is 10.9 Å². The monoisotopic (exact) mass is 246 g/mol. The molecule has 5 nitrogen and oxygen atoms in total. The fourth-order valence-electron chi connectivity index (χ4n) is 2.45. The van der Waals surface area contributed by atoms with Gasteiger partial charge >= 0.3 is 0 Å². The van der Waals surface area contributed by atoms with E-state index in [1.165, 1.54) is 0 Å². The normalized spacial score (nSPS) is 23.6. The van der Waals surface area contributed by atoms with Gasteiger partial charge < -0.3 is 15.8 Å². The van der Waals surface area contributed by atoms with Crippen molar-refractivity contribution in [1.82, 2.24) is 10.2 Å². The summed E-state index contributed by atoms with van der Waals surface area (Å²) in [6.07, 6.45) is 3.22. The van der Waals surface area contributed by atoms with Gasteiger partial charge in [0, 0.05) is 24.5 Å². The molecule has 1 aromatic carbocycles. The van der Waals surface area contributed by atoms with E-state index in [1.807, 2.05) is 12.1 Å². The molecule has 5 heteroatoms. The summed E-state index contributed by atoms with van der Waals surface area (Å²) in [5, 5.41) is 11.4. The molecule has 0 radical (unpaired) electrons. The maximum atomic E-state index is 6.03. The fourth-order valence-corrected chi connectivity index (χ4v) is 2.45. The number of ether oxygens (including phenoxy) is 1. The van der Waals surface area contributed by atoms with E-state index in [9.17, 15) is 0 Å². The van der Waals surface area contributed by atoms with Crippen LogP contribution in [-0.2, 0) is 4.74 Å². The quantitative estimate of drug-likeness (QED) is 0.724. The van der Waals surface area contributed by atoms with Crippen molar-refractivity contribution in [3.63, 3.8) is 0 Å². The van der Waals surface area contributed by atoms with Crippen LogP contribution in [0.5, 0.6) is 0 Å². The number of nitrogens with one attached hydrogen (secondary N) is 2. The van der Waals surface area contributed by atoms with E-state index in [4.69, 9.17) is 10.5 Å². The van der Waals surface area contributed by atoms with E-state index in [1.54, 1.807) is 6.20 Å². The molecule has 4 N–H and O–H groups in total. The Morgan fingerprint density at radius 3 is 3.22 bits per heavy atom. The summed E-state index contributed by atoms with van der Waals surface area (Å²) < 4.78 is 5.55. The number of rotatable bonds is 3. The first-order valence-corrected chi connectivity index (χ1v) is 6.32. The minimum atomic E-state index is 0.328. The standard InChI is InChI=1S/C13H18N4O/c1-8-9(2-3-18-8)6-15-13-5-12-10(4-11(13)14)7-16-17-12/h4-5,7-9,15H,2-3,6,14H2,1H3,(H,16,17). The molecule has 0 spiro atoms. The number of nitrogens with two attached hydrogens (primary N) is 1. The first kappa shape index (κ1) is 11.3. The molecule has 1 saturated heterocycles. The van der Waals surface area contributed by atoms with Gasteiger partial charge in [-0.1, -0.05) is 0 Å². The molecule has 0 bridgehead atoms. The number of hydrogen-bond acceptors (Lipinski definition) is 4. The van der Waals surface area contributed by atoms with Crippen molar-refractivity contribution in [2.24, 2.45) is 5.92 Å². The number of benzene rings is 1. The Morgan fingerprint density at radius 2 is 2.44 bits per heavy atom. The average molecular weight is 246 g/mol. The molecule has 0 aliphatic carbocycles. The molecule has 0 saturated carbocycles. The van der Waals surface area contributed by atoms with Crippen molar-refractivity contribution >= 4 is 22.3 Å². The van der Waals surface area contributed by atoms with E-state index in [0.717, 1.165) is 41.9 Å². The Labute approximate surface area is 106 Å². The number of aromatic nitrogens is 2. The molecule has 18 heavy (non-hydrogen) atoms. The number of fused-ring (bicyclic) bond motifs is 1. The Hall–Kier alpha value is -1.75. The zero-order chi connectivity index (χ0) is 12.5. The summed E-state index contributed by atoms with van der Waals surface area (Å²) >= 11 is 0. The largest absolute Gasteiger partial charge is 0.397 e. The lowest BCUT2D eigenvalue weighted by Gasteiger charge is -2.16. The van der Waals surface area contributed by atoms with Gasteiger partial charge in [-0.3, -0.25) is 5.10 Å². The van der Waals surface area contributed by atoms with Crippen molar-refractivity contribution in [3.05, 3.63) is 18.3 Å². The highest BCUT2D eigenvalue weighted by Crippen LogP contribution is 2.26. The lowest BCUT2D eigenvalue weighted by molar-refractivity contribution is 0.108. The smallest absolute Gasteiger partial charge is 0.0672 e. The maximum Gasteiger partial charge on any atom is 0.0672 e. The number of nitrogens with zero attached hydrogens (tertiary/aromatic N) is 1. The molecule has 3 rings (SSSR count). The van der Waals surface area contributed by atoms with Gasteiger partial charge in [0.25, 0.3) is 0 Å². The summed E-state index contributed by atoms with van der Waals surface area (Å²) in [6.45, 7) is 3.88. The predicted octanol–water partition coefficient (Wildman–Crippen LogP) is 1.98. The minimum Gasteiger partial charge on any atom is -0.397 e. The van der Waals surface area contributed by atoms with Gasteiger partial charge in [-0.2, -0.15) is 5.10 Å². The van der Waals surface area contributed by atoms with Gasteiger partial charge in [0.1, 0.15) is 0 Å². The van der Waals surface area contributed by atoms with Gasteiger partial charge in [-0.05, 0) is 25.5 Å². The van der Waals surface area contributed by atoms with E-state index >= 15 is 0 Å². The molecule has 2 unspecified atom stereocenters. The third kappa shape index (κ3) is 2.01. The molecular formula is C13H18N4O. The summed E-state index contributed by atoms with van der Waals surface area (Å²) in [4.78, 5) is 0. The second kappa shape index (κ2) is 4.49. The zero-order valence-electron chi connectivity index (χ0n) is 10.4. The van der Waals surface area contributed by atoms with Crippen molar-refractivity contribution in [3.8, 4) is 0 Å². The lowest BCUT2D eigenvalue weighted by Crippen LogP contribution is -2.21. The Kier molecular flexibility index (Phi) is 2.83. The van der Waals surface area contributed by atoms with Gasteiger partial charge in [-0.25, -0.2) is 0 Å². The summed E-state index contributed by atoms with van der Waals surface area (Å²) in [5.74, 6) is 0.557. The number of hydrogen-bond donors (Lipinski definition) is 3. The van der Waals surface area contributed by atoms with Crippen molar-refractivity contribution in [2.75, 3.05) is 24.2 Å². The topological polar surface area (TPSA) is 76.0 Å². The molecular weight excluding hydrogens is 228 g/mol. The van der Waals surface area contributed by atoms with Crippen molar-refractivity contribution in [1.29, 1.82) is 0 Å². The highest BCUT2D eigenvalue weighted by atomic mass is 16.5. The first-order valence-electron chi connectivity index (χ1n) is 6.32. The van der Waals surface area contributed by atoms with Crippen LogP contribution in [0.2, 0.25) is 0 Å². The van der Waals surface area contributed by atoms with Gasteiger partial charge in [0.15, 0.2) is 0 Å². The first-order chi connectivity index (χ1) is 8.74. The van der Waals surface area contributed by atoms with Crippen LogP contribution in [0.3, 0.4) is 0 Å². The van der Waals surface area contributed by atoms with Crippen molar-refractivity contribution < 1.29 is 4.74 Å². The molecule has 2 aromatic rings. The maximum absolute atomic E-state index is 6.03. The summed E-state index contributed by atoms with van der Waals surface area (Å²) in [5.41, 5.74) is 8.76. The third-order valence-corrected chi connectivity index (χ3v) is 3.70. The van der Waals surface area contributed by atoms with Gasteiger partial charge in [-0.15, -0.1) is 0 Å². The highest BCUT2D eigenvalue weighted by Gasteiger charge is 2.23. The molecule has 1 aliphatic heterocycles. The average Bonchev–Trinajstić information content (AvgIpc) is 2.95. The van der Waals surface area contributed by atoms with Gasteiger partial charge in [0.2, 0.25) is 0 Å². The number of anilines is 2. The van der Waals surface area contributed by atoms with Crippen LogP contribution in [0, 0.1) is 5.92 Å². The number of H-pyrrole nitrogens is 1. The van der Waals surface area contributed by atoms with E-state index < -0.39 is 0 Å². The minimum absolute atomic E-state index is 0.328. The molecule has 2 heterocycles. The van der Waals surface area contributed by atoms with E-state index in [-0.39, 0.29) is 0 Å². The Balaban J connectivity index is 1.75. The predicted molar refractivity (Wildman–Crippen MR) is 72.5 cm³/mol. The van der Waals surface area contributed by atoms with E-state index in [0.29, 0.717) is 12.0 Å². The molecule has 1 fully saturated rings. The lowest BCUT2D eigenvalue weighted by atomic mass is 10.0. The second-order valence-electron chi connectivity index (χ2n) is 4.90. The van der Waals surface area contributed by atoms with Crippen LogP contribution in [0.1, 0.15) is 13.3 Å². The molecule has 96 valence electrons. The molecule has 0 amide bonds. The fraction of sp³-hybridized carbons (Fsp3) is 0.462. The molecule has 1 aliphatic rings. The summed E-state index contributed by atoms with van der Waals surface area (Å²) in [6, 6.07) is 3.95. The molecule has 2 atom stereocenters. The van der Waals surface area contributed by atoms with Crippen LogP contribution >= 0.6 is 0 Å². The zero-order valence-corrected chi connectivity index (χ0v) is 10.4. The van der Waals surface area contributed by atoms with E-state index in [2.05, 4.69) is 22.4 Å². The van der Waals surface area contributed by atoms with Gasteiger partial charge in [0.05, 0.1) is 29.2 Å². The number of nitrogen functional groups attached to an aromatic ring is 1.